The predicted octanol–water partition coefficient (Wildman–Crippen LogP) is 1.43. The maximum absolute atomic E-state index is 11.3. The highest BCUT2D eigenvalue weighted by Gasteiger charge is 2.09. The highest BCUT2D eigenvalue weighted by Crippen LogP contribution is 2.16. The molecule has 6 heteroatoms. The molecule has 1 rings (SSSR count). The topological polar surface area (TPSA) is 70.2 Å². The minimum Gasteiger partial charge on any atom is -0.370 e. The summed E-state index contributed by atoms with van der Waals surface area (Å²) in [6.45, 7) is 5.60. The summed E-state index contributed by atoms with van der Waals surface area (Å²) in [6.07, 6.45) is 2.32. The first-order valence-electron chi connectivity index (χ1n) is 7.14. The predicted molar refractivity (Wildman–Crippen MR) is 82.1 cm³/mol. The normalized spacial score (nSPS) is 10.2. The van der Waals surface area contributed by atoms with Gasteiger partial charge in [0, 0.05) is 46.1 Å². The quantitative estimate of drug-likeness (QED) is 0.753. The average molecular weight is 279 g/mol. The molecular formula is C14H25N5O. The number of nitrogens with zero attached hydrogens (tertiary/aromatic N) is 3. The van der Waals surface area contributed by atoms with Crippen LogP contribution in [0.2, 0.25) is 0 Å². The van der Waals surface area contributed by atoms with Gasteiger partial charge in [0.05, 0.1) is 0 Å². The van der Waals surface area contributed by atoms with Gasteiger partial charge in [0.1, 0.15) is 17.5 Å². The van der Waals surface area contributed by atoms with Gasteiger partial charge in [0.25, 0.3) is 0 Å². The van der Waals surface area contributed by atoms with Crippen LogP contribution in [0.3, 0.4) is 0 Å². The molecular weight excluding hydrogens is 254 g/mol. The molecule has 1 aromatic rings. The summed E-state index contributed by atoms with van der Waals surface area (Å²) in [5, 5.41) is 5.85. The van der Waals surface area contributed by atoms with Crippen LogP contribution < -0.4 is 15.5 Å². The number of nitrogens with one attached hydrogen (secondary N) is 2. The summed E-state index contributed by atoms with van der Waals surface area (Å²) in [6, 6.07) is 1.92. The van der Waals surface area contributed by atoms with Gasteiger partial charge in [-0.3, -0.25) is 4.79 Å². The number of anilines is 2. The first-order chi connectivity index (χ1) is 9.60. The van der Waals surface area contributed by atoms with Crippen molar-refractivity contribution in [1.82, 2.24) is 15.3 Å². The Hall–Kier alpha value is -1.85. The smallest absolute Gasteiger partial charge is 0.221 e. The van der Waals surface area contributed by atoms with Gasteiger partial charge in [-0.15, -0.1) is 0 Å². The molecule has 0 atom stereocenters. The monoisotopic (exact) mass is 279 g/mol. The Bertz CT molecular complexity index is 411. The van der Waals surface area contributed by atoms with Crippen LogP contribution in [0.4, 0.5) is 11.6 Å². The summed E-state index contributed by atoms with van der Waals surface area (Å²) < 4.78 is 0. The van der Waals surface area contributed by atoms with Gasteiger partial charge in [0.2, 0.25) is 5.91 Å². The molecule has 112 valence electrons. The molecule has 6 nitrogen and oxygen atoms in total. The lowest BCUT2D eigenvalue weighted by Crippen LogP contribution is -2.27. The Kier molecular flexibility index (Phi) is 6.76. The third-order valence-electron chi connectivity index (χ3n) is 2.93. The SMILES string of the molecule is CCCc1nc(NCC)cc(N(C)CCC(=O)NC)n1. The third kappa shape index (κ3) is 5.03. The zero-order chi connectivity index (χ0) is 15.0. The molecule has 0 saturated carbocycles. The Labute approximate surface area is 121 Å². The second-order valence-corrected chi connectivity index (χ2v) is 4.65. The summed E-state index contributed by atoms with van der Waals surface area (Å²) in [4.78, 5) is 22.3. The van der Waals surface area contributed by atoms with E-state index < -0.39 is 0 Å². The molecule has 0 aliphatic heterocycles. The van der Waals surface area contributed by atoms with Gasteiger partial charge in [-0.25, -0.2) is 9.97 Å². The van der Waals surface area contributed by atoms with E-state index in [1.54, 1.807) is 7.05 Å². The molecule has 2 N–H and O–H groups in total. The van der Waals surface area contributed by atoms with E-state index in [2.05, 4.69) is 27.5 Å². The first kappa shape index (κ1) is 16.2. The Balaban J connectivity index is 2.82. The van der Waals surface area contributed by atoms with E-state index in [1.165, 1.54) is 0 Å². The van der Waals surface area contributed by atoms with E-state index in [9.17, 15) is 4.79 Å². The number of aromatic nitrogens is 2. The van der Waals surface area contributed by atoms with Crippen molar-refractivity contribution >= 4 is 17.5 Å². The van der Waals surface area contributed by atoms with Crippen LogP contribution in [0, 0.1) is 0 Å². The Morgan fingerprint density at radius 2 is 2.10 bits per heavy atom. The van der Waals surface area contributed by atoms with E-state index in [1.807, 2.05) is 24.9 Å². The minimum absolute atomic E-state index is 0.0339. The van der Waals surface area contributed by atoms with E-state index in [-0.39, 0.29) is 5.91 Å². The molecule has 0 aliphatic rings. The highest BCUT2D eigenvalue weighted by molar-refractivity contribution is 5.76. The van der Waals surface area contributed by atoms with Crippen molar-refractivity contribution in [3.05, 3.63) is 11.9 Å². The fourth-order valence-electron chi connectivity index (χ4n) is 1.79. The molecule has 20 heavy (non-hydrogen) atoms. The molecule has 1 aromatic heterocycles. The molecule has 0 spiro atoms. The number of aryl methyl sites for hydroxylation is 1. The summed E-state index contributed by atoms with van der Waals surface area (Å²) in [5.41, 5.74) is 0. The van der Waals surface area contributed by atoms with Gasteiger partial charge in [-0.1, -0.05) is 6.92 Å². The van der Waals surface area contributed by atoms with Crippen LogP contribution in [0.5, 0.6) is 0 Å². The molecule has 0 unspecified atom stereocenters. The lowest BCUT2D eigenvalue weighted by molar-refractivity contribution is -0.120. The number of hydrogen-bond acceptors (Lipinski definition) is 5. The zero-order valence-corrected chi connectivity index (χ0v) is 12.9. The first-order valence-corrected chi connectivity index (χ1v) is 7.14. The Morgan fingerprint density at radius 1 is 1.35 bits per heavy atom. The maximum Gasteiger partial charge on any atom is 0.221 e. The molecule has 0 aromatic carbocycles. The average Bonchev–Trinajstić information content (AvgIpc) is 2.44. The summed E-state index contributed by atoms with van der Waals surface area (Å²) >= 11 is 0. The summed E-state index contributed by atoms with van der Waals surface area (Å²) in [5.74, 6) is 2.57. The van der Waals surface area contributed by atoms with Crippen molar-refractivity contribution < 1.29 is 4.79 Å². The van der Waals surface area contributed by atoms with Gasteiger partial charge in [0.15, 0.2) is 0 Å². The van der Waals surface area contributed by atoms with Crippen molar-refractivity contribution in [2.45, 2.75) is 33.1 Å². The number of carbonyl (C=O) groups is 1. The van der Waals surface area contributed by atoms with E-state index in [4.69, 9.17) is 0 Å². The molecule has 0 bridgehead atoms. The van der Waals surface area contributed by atoms with Gasteiger partial charge < -0.3 is 15.5 Å². The van der Waals surface area contributed by atoms with Crippen molar-refractivity contribution in [2.24, 2.45) is 0 Å². The van der Waals surface area contributed by atoms with Gasteiger partial charge in [-0.2, -0.15) is 0 Å². The molecule has 1 heterocycles. The molecule has 1 amide bonds. The number of carbonyl (C=O) groups excluding carboxylic acids is 1. The van der Waals surface area contributed by atoms with Crippen molar-refractivity contribution in [3.63, 3.8) is 0 Å². The van der Waals surface area contributed by atoms with Crippen LogP contribution in [-0.4, -0.2) is 43.1 Å². The van der Waals surface area contributed by atoms with Crippen LogP contribution in [0.1, 0.15) is 32.5 Å². The molecule has 0 saturated heterocycles. The maximum atomic E-state index is 11.3. The highest BCUT2D eigenvalue weighted by atomic mass is 16.1. The lowest BCUT2D eigenvalue weighted by Gasteiger charge is -2.19. The standard InChI is InChI=1S/C14H25N5O/c1-5-7-11-17-12(16-6-2)10-13(18-11)19(4)9-8-14(20)15-3/h10H,5-9H2,1-4H3,(H,15,20)(H,16,17,18). The van der Waals surface area contributed by atoms with E-state index in [0.29, 0.717) is 13.0 Å². The van der Waals surface area contributed by atoms with Crippen molar-refractivity contribution in [1.29, 1.82) is 0 Å². The molecule has 0 aliphatic carbocycles. The fraction of sp³-hybridized carbons (Fsp3) is 0.643. The van der Waals surface area contributed by atoms with Crippen molar-refractivity contribution in [2.75, 3.05) is 37.4 Å². The third-order valence-corrected chi connectivity index (χ3v) is 2.93. The van der Waals surface area contributed by atoms with Crippen LogP contribution in [0.25, 0.3) is 0 Å². The molecule has 0 radical (unpaired) electrons. The van der Waals surface area contributed by atoms with Crippen LogP contribution >= 0.6 is 0 Å². The minimum atomic E-state index is 0.0339. The fourth-order valence-corrected chi connectivity index (χ4v) is 1.79. The largest absolute Gasteiger partial charge is 0.370 e. The number of rotatable bonds is 8. The second kappa shape index (κ2) is 8.35. The summed E-state index contributed by atoms with van der Waals surface area (Å²) in [7, 11) is 3.59. The van der Waals surface area contributed by atoms with Gasteiger partial charge >= 0.3 is 0 Å². The molecule has 0 fully saturated rings. The lowest BCUT2D eigenvalue weighted by atomic mass is 10.3. The van der Waals surface area contributed by atoms with Gasteiger partial charge in [-0.05, 0) is 13.3 Å². The number of hydrogen-bond donors (Lipinski definition) is 2. The Morgan fingerprint density at radius 3 is 2.70 bits per heavy atom. The van der Waals surface area contributed by atoms with E-state index in [0.717, 1.165) is 36.8 Å². The van der Waals surface area contributed by atoms with Crippen LogP contribution in [-0.2, 0) is 11.2 Å². The van der Waals surface area contributed by atoms with E-state index >= 15 is 0 Å². The second-order valence-electron chi connectivity index (χ2n) is 4.65. The zero-order valence-electron chi connectivity index (χ0n) is 12.9. The van der Waals surface area contributed by atoms with Crippen LogP contribution in [0.15, 0.2) is 6.07 Å². The number of amides is 1. The van der Waals surface area contributed by atoms with Crippen molar-refractivity contribution in [3.8, 4) is 0 Å².